The maximum Gasteiger partial charge on any atom is 0.0995 e. The van der Waals surface area contributed by atoms with E-state index in [0.717, 1.165) is 5.69 Å². The van der Waals surface area contributed by atoms with Crippen molar-refractivity contribution in [1.82, 2.24) is 0 Å². The molecule has 0 aliphatic carbocycles. The average molecular weight is 353 g/mol. The summed E-state index contributed by atoms with van der Waals surface area (Å²) in [4.78, 5) is 12.2. The summed E-state index contributed by atoms with van der Waals surface area (Å²) in [6.07, 6.45) is 0.604. The van der Waals surface area contributed by atoms with Crippen LogP contribution < -0.4 is 0 Å². The van der Waals surface area contributed by atoms with Crippen molar-refractivity contribution in [3.8, 4) is 0 Å². The van der Waals surface area contributed by atoms with Crippen molar-refractivity contribution in [2.45, 2.75) is 51.9 Å². The molecule has 1 aromatic carbocycles. The second-order valence-corrected chi connectivity index (χ2v) is 11.3. The summed E-state index contributed by atoms with van der Waals surface area (Å²) in [5.74, 6) is 0.0185. The molecule has 0 radical (unpaired) electrons. The predicted octanol–water partition coefficient (Wildman–Crippen LogP) is 5.48. The van der Waals surface area contributed by atoms with Crippen LogP contribution in [0.5, 0.6) is 0 Å². The van der Waals surface area contributed by atoms with Crippen LogP contribution >= 0.6 is 7.92 Å². The Bertz CT molecular complexity index is 407. The van der Waals surface area contributed by atoms with Crippen LogP contribution in [0, 0.1) is 7.43 Å². The van der Waals surface area contributed by atoms with Gasteiger partial charge in [0.15, 0.2) is 0 Å². The molecule has 0 spiro atoms. The van der Waals surface area contributed by atoms with Gasteiger partial charge in [0.05, 0.1) is 22.4 Å². The molecule has 1 rings (SSSR count). The Morgan fingerprint density at radius 2 is 1.43 bits per heavy atom. The molecule has 0 N–H and O–H groups in total. The molecule has 0 fully saturated rings. The number of nitrogens with zero attached hydrogens (tertiary/aromatic N) is 1. The minimum atomic E-state index is -0.837. The first kappa shape index (κ1) is 22.9. The first-order valence-electron chi connectivity index (χ1n) is 6.77. The number of amides is 1. The first-order valence-corrected chi connectivity index (χ1v) is 8.48. The Hall–Kier alpha value is -0.386. The Labute approximate surface area is 142 Å². The van der Waals surface area contributed by atoms with Gasteiger partial charge in [-0.2, -0.15) is 0 Å². The monoisotopic (exact) mass is 352 g/mol. The normalized spacial score (nSPS) is 11.4. The minimum absolute atomic E-state index is 0. The molecule has 2 nitrogen and oxygen atoms in total. The summed E-state index contributed by atoms with van der Waals surface area (Å²) in [5, 5.41) is 4.61. The van der Waals surface area contributed by atoms with Gasteiger partial charge in [0, 0.05) is 24.4 Å². The van der Waals surface area contributed by atoms with Gasteiger partial charge in [-0.3, -0.25) is 0 Å². The van der Waals surface area contributed by atoms with E-state index in [1.54, 1.807) is 0 Å². The molecule has 0 bridgehead atoms. The van der Waals surface area contributed by atoms with Crippen LogP contribution in [0.3, 0.4) is 0 Å². The molecule has 1 amide bonds. The summed E-state index contributed by atoms with van der Waals surface area (Å²) >= 11 is 0. The third-order valence-electron chi connectivity index (χ3n) is 3.15. The fraction of sp³-hybridized carbons (Fsp3) is 0.529. The van der Waals surface area contributed by atoms with Crippen LogP contribution in [0.2, 0.25) is 0 Å². The van der Waals surface area contributed by atoms with E-state index in [0.29, 0.717) is 6.16 Å². The van der Waals surface area contributed by atoms with Crippen molar-refractivity contribution in [1.29, 1.82) is 0 Å². The zero-order valence-corrected chi connectivity index (χ0v) is 16.3. The van der Waals surface area contributed by atoms with E-state index in [-0.39, 0.29) is 40.1 Å². The van der Waals surface area contributed by atoms with Crippen molar-refractivity contribution in [2.75, 3.05) is 6.16 Å². The van der Waals surface area contributed by atoms with Crippen LogP contribution in [-0.4, -0.2) is 22.4 Å². The van der Waals surface area contributed by atoms with Gasteiger partial charge in [-0.05, 0) is 41.5 Å². The van der Waals surface area contributed by atoms with Crippen LogP contribution in [0.4, 0.5) is 5.69 Å². The number of carbonyl (C=O) groups is 1. The molecule has 0 atom stereocenters. The summed E-state index contributed by atoms with van der Waals surface area (Å²) in [5.41, 5.74) is 0.761. The second-order valence-electron chi connectivity index (χ2n) is 7.00. The topological polar surface area (TPSA) is 31.2 Å². The summed E-state index contributed by atoms with van der Waals surface area (Å²) < 4.78 is 0. The smallest absolute Gasteiger partial charge is 0.0995 e. The van der Waals surface area contributed by atoms with Gasteiger partial charge in [-0.15, -0.1) is 5.69 Å². The Kier molecular flexibility index (Phi) is 9.71. The second kappa shape index (κ2) is 8.91. The minimum Gasteiger partial charge on any atom is -0.624 e. The van der Waals surface area contributed by atoms with Crippen LogP contribution in [-0.2, 0) is 21.3 Å². The van der Waals surface area contributed by atoms with E-state index in [1.165, 1.54) is 0 Å². The fourth-order valence-corrected chi connectivity index (χ4v) is 6.18. The van der Waals surface area contributed by atoms with E-state index in [2.05, 4.69) is 46.9 Å². The van der Waals surface area contributed by atoms with Crippen LogP contribution in [0.25, 0.3) is 5.32 Å². The van der Waals surface area contributed by atoms with E-state index in [9.17, 15) is 4.79 Å². The molecule has 1 aromatic rings. The van der Waals surface area contributed by atoms with E-state index >= 15 is 0 Å². The number of rotatable bonds is 3. The molecule has 0 aliphatic rings. The molecule has 0 heterocycles. The van der Waals surface area contributed by atoms with Crippen molar-refractivity contribution in [3.63, 3.8) is 0 Å². The van der Waals surface area contributed by atoms with Crippen molar-refractivity contribution < 1.29 is 21.3 Å². The number of carbonyl (C=O) groups excluding carboxylic acids is 1. The summed E-state index contributed by atoms with van der Waals surface area (Å²) in [6.45, 7) is 13.4. The molecule has 0 unspecified atom stereocenters. The number of hydrogen-bond acceptors (Lipinski definition) is 1. The molecule has 0 saturated carbocycles. The number of para-hydroxylation sites is 1. The molecular weight excluding hydrogens is 324 g/mol. The largest absolute Gasteiger partial charge is 0.624 e. The van der Waals surface area contributed by atoms with Crippen LogP contribution in [0.15, 0.2) is 30.3 Å². The molecule has 0 aliphatic heterocycles. The molecular formula is C17H29NNiOP-. The van der Waals surface area contributed by atoms with Crippen molar-refractivity contribution in [3.05, 3.63) is 43.1 Å². The summed E-state index contributed by atoms with van der Waals surface area (Å²) in [7, 11) is -0.837. The zero-order chi connectivity index (χ0) is 14.7. The van der Waals surface area contributed by atoms with Gasteiger partial charge >= 0.3 is 0 Å². The fourth-order valence-electron chi connectivity index (χ4n) is 2.49. The van der Waals surface area contributed by atoms with Gasteiger partial charge in [-0.1, -0.05) is 30.3 Å². The first-order chi connectivity index (χ1) is 8.60. The number of benzene rings is 1. The van der Waals surface area contributed by atoms with Gasteiger partial charge in [0.2, 0.25) is 0 Å². The third kappa shape index (κ3) is 7.98. The Morgan fingerprint density at radius 1 is 1.00 bits per heavy atom. The quantitative estimate of drug-likeness (QED) is 0.402. The van der Waals surface area contributed by atoms with Gasteiger partial charge < -0.3 is 17.5 Å². The third-order valence-corrected chi connectivity index (χ3v) is 7.43. The van der Waals surface area contributed by atoms with E-state index in [1.807, 2.05) is 30.3 Å². The van der Waals surface area contributed by atoms with Crippen molar-refractivity contribution in [2.24, 2.45) is 0 Å². The molecule has 4 heteroatoms. The van der Waals surface area contributed by atoms with Gasteiger partial charge in [0.25, 0.3) is 0 Å². The summed E-state index contributed by atoms with van der Waals surface area (Å²) in [6, 6.07) is 9.50. The van der Waals surface area contributed by atoms with Crippen molar-refractivity contribution >= 4 is 19.5 Å². The maximum atomic E-state index is 12.2. The Balaban J connectivity index is 0. The van der Waals surface area contributed by atoms with Gasteiger partial charge in [0.1, 0.15) is 0 Å². The standard InChI is InChI=1S/C16H26NOP.CH3.Ni/c1-15(2,3)19(16(4,5)6)12-14(18)17-13-10-8-7-9-11-13;;/h7-11H,12H2,1-6H3,(H,17,18);1H3;/q;-1;. The van der Waals surface area contributed by atoms with Crippen LogP contribution in [0.1, 0.15) is 41.5 Å². The zero-order valence-electron chi connectivity index (χ0n) is 14.3. The number of hydrogen-bond donors (Lipinski definition) is 0. The van der Waals surface area contributed by atoms with E-state index < -0.39 is 7.92 Å². The molecule has 124 valence electrons. The molecule has 21 heavy (non-hydrogen) atoms. The SMILES string of the molecule is CC(C)(C)[PH+](CC(=O)[N-]c1ccccc1)C(C)(C)C.[CH3-].[Ni]. The average Bonchev–Trinajstić information content (AvgIpc) is 2.24. The predicted molar refractivity (Wildman–Crippen MR) is 93.6 cm³/mol. The molecule has 0 saturated heterocycles. The molecule has 0 aromatic heterocycles. The van der Waals surface area contributed by atoms with Gasteiger partial charge in [-0.25, -0.2) is 0 Å². The maximum absolute atomic E-state index is 12.2. The van der Waals surface area contributed by atoms with E-state index in [4.69, 9.17) is 0 Å². The Morgan fingerprint density at radius 3 is 1.81 bits per heavy atom.